The van der Waals surface area contributed by atoms with E-state index in [1.165, 1.54) is 11.1 Å². The normalized spacial score (nSPS) is 26.1. The Balaban J connectivity index is 0.00000289. The van der Waals surface area contributed by atoms with Gasteiger partial charge in [-0.1, -0.05) is 49.7 Å². The highest BCUT2D eigenvalue weighted by atomic mass is 35.5. The van der Waals surface area contributed by atoms with Gasteiger partial charge in [-0.15, -0.1) is 12.4 Å². The highest BCUT2D eigenvalue weighted by Gasteiger charge is 2.42. The van der Waals surface area contributed by atoms with Crippen LogP contribution in [0, 0.1) is 11.3 Å². The first-order chi connectivity index (χ1) is 16.2. The molecule has 1 aliphatic carbocycles. The molecule has 0 aromatic heterocycles. The van der Waals surface area contributed by atoms with Gasteiger partial charge in [0.05, 0.1) is 17.2 Å². The number of hydrogen-bond acceptors (Lipinski definition) is 4. The van der Waals surface area contributed by atoms with Crippen LogP contribution in [0.2, 0.25) is 5.02 Å². The minimum absolute atomic E-state index is 0. The van der Waals surface area contributed by atoms with Gasteiger partial charge in [0.1, 0.15) is 11.9 Å². The summed E-state index contributed by atoms with van der Waals surface area (Å²) < 4.78 is 11.7. The quantitative estimate of drug-likeness (QED) is 0.480. The summed E-state index contributed by atoms with van der Waals surface area (Å²) in [5.41, 5.74) is 4.50. The zero-order valence-corrected chi connectivity index (χ0v) is 22.5. The first kappa shape index (κ1) is 26.1. The number of hydrogen-bond donors (Lipinski definition) is 1. The van der Waals surface area contributed by atoms with Crippen molar-refractivity contribution in [2.75, 3.05) is 19.6 Å². The molecule has 1 amide bonds. The van der Waals surface area contributed by atoms with Gasteiger partial charge in [0.15, 0.2) is 0 Å². The van der Waals surface area contributed by atoms with Crippen molar-refractivity contribution in [1.29, 1.82) is 0 Å². The molecule has 5 nitrogen and oxygen atoms in total. The minimum Gasteiger partial charge on any atom is -0.489 e. The van der Waals surface area contributed by atoms with Gasteiger partial charge in [-0.3, -0.25) is 4.90 Å². The molecule has 7 heteroatoms. The van der Waals surface area contributed by atoms with Crippen LogP contribution in [0.5, 0.6) is 5.75 Å². The number of amides is 1. The number of alkyl carbamates (subject to hydrolysis) is 1. The molecule has 6 rings (SSSR count). The predicted molar refractivity (Wildman–Crippen MR) is 143 cm³/mol. The SMILES string of the molecule is CC(C)Oc1ccc(-c2ccc3c(c2)CC(C)(C)[C@H]3NC(=O)O[C@@H]2CN3CCC2CC3)cc1Cl.Cl. The molecule has 2 aromatic carbocycles. The number of nitrogens with one attached hydrogen (secondary N) is 1. The Morgan fingerprint density at radius 1 is 1.11 bits per heavy atom. The van der Waals surface area contributed by atoms with E-state index in [4.69, 9.17) is 21.1 Å². The number of nitrogens with zero attached hydrogens (tertiary/aromatic N) is 1. The zero-order valence-electron chi connectivity index (χ0n) is 21.0. The van der Waals surface area contributed by atoms with Crippen LogP contribution in [0.4, 0.5) is 4.79 Å². The van der Waals surface area contributed by atoms with E-state index in [-0.39, 0.29) is 42.2 Å². The molecular weight excluding hydrogens is 483 g/mol. The van der Waals surface area contributed by atoms with E-state index in [1.807, 2.05) is 32.0 Å². The summed E-state index contributed by atoms with van der Waals surface area (Å²) >= 11 is 6.48. The summed E-state index contributed by atoms with van der Waals surface area (Å²) in [6, 6.07) is 12.4. The highest BCUT2D eigenvalue weighted by molar-refractivity contribution is 6.32. The molecule has 1 N–H and O–H groups in total. The molecule has 2 bridgehead atoms. The van der Waals surface area contributed by atoms with Crippen LogP contribution in [0.1, 0.15) is 57.7 Å². The fourth-order valence-electron chi connectivity index (χ4n) is 5.87. The van der Waals surface area contributed by atoms with E-state index in [0.29, 0.717) is 16.7 Å². The van der Waals surface area contributed by atoms with Gasteiger partial charge in [0.2, 0.25) is 0 Å². The monoisotopic (exact) mass is 518 g/mol. The van der Waals surface area contributed by atoms with Crippen LogP contribution in [0.25, 0.3) is 11.1 Å². The maximum atomic E-state index is 12.9. The Bertz CT molecular complexity index is 1080. The summed E-state index contributed by atoms with van der Waals surface area (Å²) in [6.45, 7) is 11.5. The standard InChI is InChI=1S/C28H35ClN2O3.ClH/c1-17(2)33-24-8-6-20(14-23(24)29)19-5-7-22-21(13-19)15-28(3,4)26(22)30-27(32)34-25-16-31-11-9-18(25)10-12-31;/h5-8,13-14,17-18,25-26H,9-12,15-16H2,1-4H3,(H,30,32);1H/t25-,26+;/m1./s1. The van der Waals surface area contributed by atoms with Crippen LogP contribution in [-0.2, 0) is 11.2 Å². The van der Waals surface area contributed by atoms with Gasteiger partial charge in [-0.25, -0.2) is 4.79 Å². The lowest BCUT2D eigenvalue weighted by Crippen LogP contribution is -2.53. The second-order valence-corrected chi connectivity index (χ2v) is 11.5. The summed E-state index contributed by atoms with van der Waals surface area (Å²) in [5, 5.41) is 3.82. The van der Waals surface area contributed by atoms with Crippen molar-refractivity contribution in [3.05, 3.63) is 52.5 Å². The summed E-state index contributed by atoms with van der Waals surface area (Å²) in [5.74, 6) is 1.21. The van der Waals surface area contributed by atoms with Gasteiger partial charge in [0.25, 0.3) is 0 Å². The summed E-state index contributed by atoms with van der Waals surface area (Å²) in [7, 11) is 0. The van der Waals surface area contributed by atoms with Crippen LogP contribution in [-0.4, -0.2) is 42.8 Å². The second-order valence-electron chi connectivity index (χ2n) is 11.0. The summed E-state index contributed by atoms with van der Waals surface area (Å²) in [4.78, 5) is 15.3. The van der Waals surface area contributed by atoms with Gasteiger partial charge >= 0.3 is 6.09 Å². The number of rotatable bonds is 5. The largest absolute Gasteiger partial charge is 0.489 e. The first-order valence-electron chi connectivity index (χ1n) is 12.5. The molecule has 3 aliphatic heterocycles. The molecule has 0 unspecified atom stereocenters. The Hall–Kier alpha value is -1.95. The van der Waals surface area contributed by atoms with Crippen molar-refractivity contribution in [3.8, 4) is 16.9 Å². The molecule has 0 saturated carbocycles. The maximum absolute atomic E-state index is 12.9. The van der Waals surface area contributed by atoms with Crippen molar-refractivity contribution < 1.29 is 14.3 Å². The average molecular weight is 520 g/mol. The minimum atomic E-state index is -0.290. The number of halogens is 2. The fourth-order valence-corrected chi connectivity index (χ4v) is 6.10. The smallest absolute Gasteiger partial charge is 0.407 e. The Labute approximate surface area is 219 Å². The Morgan fingerprint density at radius 2 is 1.80 bits per heavy atom. The second kappa shape index (κ2) is 10.2. The van der Waals surface area contributed by atoms with E-state index in [9.17, 15) is 4.79 Å². The van der Waals surface area contributed by atoms with Crippen LogP contribution >= 0.6 is 24.0 Å². The van der Waals surface area contributed by atoms with E-state index in [2.05, 4.69) is 42.3 Å². The average Bonchev–Trinajstić information content (AvgIpc) is 3.04. The molecular formula is C28H36Cl2N2O3. The van der Waals surface area contributed by atoms with Crippen molar-refractivity contribution in [1.82, 2.24) is 10.2 Å². The van der Waals surface area contributed by atoms with E-state index < -0.39 is 0 Å². The third-order valence-corrected chi connectivity index (χ3v) is 7.92. The van der Waals surface area contributed by atoms with Crippen molar-refractivity contribution in [3.63, 3.8) is 0 Å². The molecule has 3 fully saturated rings. The zero-order chi connectivity index (χ0) is 24.0. The maximum Gasteiger partial charge on any atom is 0.407 e. The summed E-state index contributed by atoms with van der Waals surface area (Å²) in [6.07, 6.45) is 2.96. The molecule has 0 radical (unpaired) electrons. The van der Waals surface area contributed by atoms with Gasteiger partial charge in [0, 0.05) is 6.54 Å². The van der Waals surface area contributed by atoms with Gasteiger partial charge in [-0.2, -0.15) is 0 Å². The molecule has 0 spiro atoms. The molecule has 2 aromatic rings. The number of fused-ring (bicyclic) bond motifs is 4. The van der Waals surface area contributed by atoms with E-state index in [0.717, 1.165) is 50.0 Å². The number of ether oxygens (including phenoxy) is 2. The third-order valence-electron chi connectivity index (χ3n) is 7.63. The lowest BCUT2D eigenvalue weighted by Gasteiger charge is -2.44. The van der Waals surface area contributed by atoms with Crippen molar-refractivity contribution >= 4 is 30.1 Å². The number of carbonyl (C=O) groups excluding carboxylic acids is 1. The fraction of sp³-hybridized carbons (Fsp3) is 0.536. The molecule has 2 atom stereocenters. The molecule has 35 heavy (non-hydrogen) atoms. The van der Waals surface area contributed by atoms with Crippen LogP contribution in [0.3, 0.4) is 0 Å². The van der Waals surface area contributed by atoms with E-state index in [1.54, 1.807) is 0 Å². The molecule has 3 saturated heterocycles. The van der Waals surface area contributed by atoms with Gasteiger partial charge < -0.3 is 14.8 Å². The predicted octanol–water partition coefficient (Wildman–Crippen LogP) is 6.66. The van der Waals surface area contributed by atoms with Crippen LogP contribution < -0.4 is 10.1 Å². The topological polar surface area (TPSA) is 50.8 Å². The highest BCUT2D eigenvalue weighted by Crippen LogP contribution is 2.46. The van der Waals surface area contributed by atoms with Crippen molar-refractivity contribution in [2.24, 2.45) is 11.3 Å². The van der Waals surface area contributed by atoms with Gasteiger partial charge in [-0.05, 0) is 91.9 Å². The molecule has 190 valence electrons. The lowest BCUT2D eigenvalue weighted by atomic mass is 9.85. The lowest BCUT2D eigenvalue weighted by molar-refractivity contribution is -0.0348. The Morgan fingerprint density at radius 3 is 2.43 bits per heavy atom. The van der Waals surface area contributed by atoms with Crippen LogP contribution in [0.15, 0.2) is 36.4 Å². The first-order valence-corrected chi connectivity index (χ1v) is 12.9. The molecule has 3 heterocycles. The van der Waals surface area contributed by atoms with E-state index >= 15 is 0 Å². The van der Waals surface area contributed by atoms with Crippen molar-refractivity contribution in [2.45, 2.75) is 65.2 Å². The number of benzene rings is 2. The number of piperidine rings is 3. The molecule has 4 aliphatic rings. The number of carbonyl (C=O) groups is 1. The Kier molecular flexibility index (Phi) is 7.61. The third kappa shape index (κ3) is 5.42.